The smallest absolute Gasteiger partial charge is 0.322 e. The van der Waals surface area contributed by atoms with Gasteiger partial charge >= 0.3 is 18.0 Å². The number of urea groups is 1. The molecule has 4 N–H and O–H groups in total. The van der Waals surface area contributed by atoms with Crippen LogP contribution >= 0.6 is 0 Å². The number of nitrogens with one attached hydrogen (secondary N) is 2. The molecule has 0 saturated carbocycles. The average Bonchev–Trinajstić information content (AvgIpc) is 2.39. The molecule has 0 aromatic heterocycles. The molecule has 20 heavy (non-hydrogen) atoms. The molecule has 0 unspecified atom stereocenters. The molecule has 0 spiro atoms. The molecule has 1 atom stereocenters. The van der Waals surface area contributed by atoms with Gasteiger partial charge in [-0.1, -0.05) is 0 Å². The van der Waals surface area contributed by atoms with Gasteiger partial charge in [0.2, 0.25) is 0 Å². The molecule has 1 fully saturated rings. The number of hydrogen-bond acceptors (Lipinski definition) is 5. The van der Waals surface area contributed by atoms with Crippen LogP contribution in [0.3, 0.4) is 0 Å². The van der Waals surface area contributed by atoms with Crippen LogP contribution < -0.4 is 10.6 Å². The first-order chi connectivity index (χ1) is 9.43. The molecule has 0 aromatic carbocycles. The molecule has 0 bridgehead atoms. The van der Waals surface area contributed by atoms with Gasteiger partial charge in [0.05, 0.1) is 6.54 Å². The molecule has 2 amide bonds. The Bertz CT molecular complexity index is 368. The Morgan fingerprint density at radius 1 is 1.15 bits per heavy atom. The van der Waals surface area contributed by atoms with Crippen molar-refractivity contribution < 1.29 is 24.6 Å². The van der Waals surface area contributed by atoms with Crippen molar-refractivity contribution in [2.75, 3.05) is 46.3 Å². The van der Waals surface area contributed by atoms with Gasteiger partial charge in [0, 0.05) is 32.7 Å². The minimum Gasteiger partial charge on any atom is -0.480 e. The van der Waals surface area contributed by atoms with E-state index in [-0.39, 0.29) is 19.1 Å². The summed E-state index contributed by atoms with van der Waals surface area (Å²) >= 11 is 0. The van der Waals surface area contributed by atoms with Gasteiger partial charge in [0.1, 0.15) is 6.04 Å². The lowest BCUT2D eigenvalue weighted by Crippen LogP contribution is -2.54. The second kappa shape index (κ2) is 7.65. The third kappa shape index (κ3) is 5.02. The van der Waals surface area contributed by atoms with Gasteiger partial charge < -0.3 is 25.7 Å². The van der Waals surface area contributed by atoms with E-state index in [9.17, 15) is 14.4 Å². The van der Waals surface area contributed by atoms with Crippen molar-refractivity contribution in [1.82, 2.24) is 20.4 Å². The Balaban J connectivity index is 2.32. The van der Waals surface area contributed by atoms with E-state index in [0.29, 0.717) is 26.2 Å². The van der Waals surface area contributed by atoms with Gasteiger partial charge in [-0.05, 0) is 7.05 Å². The summed E-state index contributed by atoms with van der Waals surface area (Å²) in [4.78, 5) is 36.5. The number of piperazine rings is 1. The predicted octanol–water partition coefficient (Wildman–Crippen LogP) is -1.93. The largest absolute Gasteiger partial charge is 0.480 e. The zero-order chi connectivity index (χ0) is 15.1. The van der Waals surface area contributed by atoms with Crippen LogP contribution in [-0.4, -0.2) is 90.3 Å². The van der Waals surface area contributed by atoms with Crippen molar-refractivity contribution in [1.29, 1.82) is 0 Å². The van der Waals surface area contributed by atoms with Gasteiger partial charge in [-0.2, -0.15) is 0 Å². The molecular formula is C11H20N4O5. The van der Waals surface area contributed by atoms with Crippen molar-refractivity contribution in [2.45, 2.75) is 6.04 Å². The number of aliphatic carboxylic acids is 2. The van der Waals surface area contributed by atoms with Crippen molar-refractivity contribution >= 4 is 18.0 Å². The number of amides is 2. The van der Waals surface area contributed by atoms with Crippen LogP contribution in [0.1, 0.15) is 0 Å². The minimum absolute atomic E-state index is 0.00000682. The molecule has 1 rings (SSSR count). The van der Waals surface area contributed by atoms with Crippen molar-refractivity contribution in [3.63, 3.8) is 0 Å². The second-order valence-corrected chi connectivity index (χ2v) is 4.52. The van der Waals surface area contributed by atoms with Crippen LogP contribution in [0.4, 0.5) is 4.79 Å². The van der Waals surface area contributed by atoms with E-state index >= 15 is 0 Å². The molecule has 0 aliphatic carbocycles. The number of carboxylic acid groups (broad SMARTS) is 2. The summed E-state index contributed by atoms with van der Waals surface area (Å²) < 4.78 is 0. The molecule has 9 nitrogen and oxygen atoms in total. The van der Waals surface area contributed by atoms with Crippen molar-refractivity contribution in [3.8, 4) is 0 Å². The number of rotatable bonds is 6. The second-order valence-electron chi connectivity index (χ2n) is 4.52. The van der Waals surface area contributed by atoms with E-state index in [1.165, 1.54) is 7.05 Å². The molecule has 1 aliphatic rings. The van der Waals surface area contributed by atoms with Gasteiger partial charge in [0.25, 0.3) is 0 Å². The Kier molecular flexibility index (Phi) is 6.19. The van der Waals surface area contributed by atoms with E-state index in [1.54, 1.807) is 9.80 Å². The lowest BCUT2D eigenvalue weighted by atomic mass is 10.3. The molecule has 1 aliphatic heterocycles. The molecule has 9 heteroatoms. The van der Waals surface area contributed by atoms with E-state index in [4.69, 9.17) is 10.2 Å². The Hall–Kier alpha value is -1.87. The first kappa shape index (κ1) is 16.2. The minimum atomic E-state index is -1.03. The standard InChI is InChI=1S/C11H20N4O5/c1-12-8(10(18)19)6-13-11(20)15-4-2-14(3-5-15)7-9(16)17/h8,12H,2-7H2,1H3,(H,13,20)(H,16,17)(H,18,19)/t8-/m0/s1. The van der Waals surface area contributed by atoms with Gasteiger partial charge in [-0.3, -0.25) is 14.5 Å². The number of hydrogen-bond donors (Lipinski definition) is 4. The van der Waals surface area contributed by atoms with Crippen molar-refractivity contribution in [3.05, 3.63) is 0 Å². The highest BCUT2D eigenvalue weighted by Gasteiger charge is 2.23. The first-order valence-corrected chi connectivity index (χ1v) is 6.31. The van der Waals surface area contributed by atoms with E-state index < -0.39 is 18.0 Å². The topological polar surface area (TPSA) is 122 Å². The first-order valence-electron chi connectivity index (χ1n) is 6.31. The number of carbonyl (C=O) groups excluding carboxylic acids is 1. The molecule has 1 heterocycles. The van der Waals surface area contributed by atoms with Gasteiger partial charge in [-0.15, -0.1) is 0 Å². The Morgan fingerprint density at radius 2 is 1.75 bits per heavy atom. The highest BCUT2D eigenvalue weighted by Crippen LogP contribution is 2.01. The summed E-state index contributed by atoms with van der Waals surface area (Å²) in [6.45, 7) is 1.81. The number of likely N-dealkylation sites (N-methyl/N-ethyl adjacent to an activating group) is 1. The highest BCUT2D eigenvalue weighted by atomic mass is 16.4. The summed E-state index contributed by atoms with van der Waals surface area (Å²) in [6.07, 6.45) is 0. The monoisotopic (exact) mass is 288 g/mol. The van der Waals surface area contributed by atoms with E-state index in [1.807, 2.05) is 0 Å². The maximum absolute atomic E-state index is 11.8. The van der Waals surface area contributed by atoms with Crippen LogP contribution in [0.2, 0.25) is 0 Å². The molecular weight excluding hydrogens is 268 g/mol. The van der Waals surface area contributed by atoms with Crippen LogP contribution in [-0.2, 0) is 9.59 Å². The summed E-state index contributed by atoms with van der Waals surface area (Å²) in [5.74, 6) is -1.92. The fourth-order valence-corrected chi connectivity index (χ4v) is 1.91. The Morgan fingerprint density at radius 3 is 2.20 bits per heavy atom. The summed E-state index contributed by atoms with van der Waals surface area (Å²) in [5, 5.41) is 22.6. The maximum atomic E-state index is 11.8. The number of carbonyl (C=O) groups is 3. The van der Waals surface area contributed by atoms with E-state index in [0.717, 1.165) is 0 Å². The predicted molar refractivity (Wildman–Crippen MR) is 69.5 cm³/mol. The summed E-state index contributed by atoms with van der Waals surface area (Å²) in [6, 6.07) is -1.16. The Labute approximate surface area is 116 Å². The third-order valence-electron chi connectivity index (χ3n) is 3.12. The SMILES string of the molecule is CN[C@@H](CNC(=O)N1CCN(CC(=O)O)CC1)C(=O)O. The van der Waals surface area contributed by atoms with Crippen LogP contribution in [0.5, 0.6) is 0 Å². The molecule has 0 radical (unpaired) electrons. The zero-order valence-electron chi connectivity index (χ0n) is 11.3. The molecule has 1 saturated heterocycles. The third-order valence-corrected chi connectivity index (χ3v) is 3.12. The molecule has 0 aromatic rings. The van der Waals surface area contributed by atoms with Gasteiger partial charge in [-0.25, -0.2) is 4.79 Å². The lowest BCUT2D eigenvalue weighted by molar-refractivity contribution is -0.139. The van der Waals surface area contributed by atoms with Gasteiger partial charge in [0.15, 0.2) is 0 Å². The van der Waals surface area contributed by atoms with Crippen molar-refractivity contribution in [2.24, 2.45) is 0 Å². The summed E-state index contributed by atoms with van der Waals surface area (Å²) in [7, 11) is 1.51. The number of carboxylic acids is 2. The van der Waals surface area contributed by atoms with E-state index in [2.05, 4.69) is 10.6 Å². The average molecular weight is 288 g/mol. The quantitative estimate of drug-likeness (QED) is 0.449. The molecule has 114 valence electrons. The van der Waals surface area contributed by atoms with Crippen LogP contribution in [0.25, 0.3) is 0 Å². The maximum Gasteiger partial charge on any atom is 0.322 e. The zero-order valence-corrected chi connectivity index (χ0v) is 11.3. The lowest BCUT2D eigenvalue weighted by Gasteiger charge is -2.33. The summed E-state index contributed by atoms with van der Waals surface area (Å²) in [5.41, 5.74) is 0. The fourth-order valence-electron chi connectivity index (χ4n) is 1.91. The normalized spacial score (nSPS) is 17.6. The van der Waals surface area contributed by atoms with Crippen LogP contribution in [0, 0.1) is 0 Å². The number of nitrogens with zero attached hydrogens (tertiary/aromatic N) is 2. The van der Waals surface area contributed by atoms with Crippen LogP contribution in [0.15, 0.2) is 0 Å². The highest BCUT2D eigenvalue weighted by molar-refractivity contribution is 5.77. The fraction of sp³-hybridized carbons (Fsp3) is 0.727.